The van der Waals surface area contributed by atoms with E-state index in [1.165, 1.54) is 12.0 Å². The Morgan fingerprint density at radius 1 is 1.24 bits per heavy atom. The van der Waals surface area contributed by atoms with Crippen molar-refractivity contribution < 1.29 is 9.84 Å². The molecule has 0 radical (unpaired) electrons. The number of aliphatic hydroxyl groups is 1. The monoisotopic (exact) mass is 285 g/mol. The smallest absolute Gasteiger partial charge is 0.193 e. The number of nitrogens with zero attached hydrogens (tertiary/aromatic N) is 1. The number of aliphatic hydroxyl groups excluding tert-OH is 1. The van der Waals surface area contributed by atoms with Crippen molar-refractivity contribution in [1.82, 2.24) is 0 Å². The van der Waals surface area contributed by atoms with E-state index in [-0.39, 0.29) is 23.0 Å². The molecule has 4 rings (SSSR count). The highest BCUT2D eigenvalue weighted by Crippen LogP contribution is 2.66. The topological polar surface area (TPSA) is 41.8 Å². The maximum atomic E-state index is 10.7. The Morgan fingerprint density at radius 2 is 2.00 bits per heavy atom. The first kappa shape index (κ1) is 13.3. The second-order valence-corrected chi connectivity index (χ2v) is 7.35. The first-order chi connectivity index (χ1) is 10.1. The maximum absolute atomic E-state index is 10.7. The van der Waals surface area contributed by atoms with Gasteiger partial charge in [0.1, 0.15) is 12.6 Å². The lowest BCUT2D eigenvalue weighted by Gasteiger charge is -2.39. The van der Waals surface area contributed by atoms with Gasteiger partial charge in [-0.15, -0.1) is 0 Å². The highest BCUT2D eigenvalue weighted by Gasteiger charge is 2.67. The third-order valence-electron chi connectivity index (χ3n) is 6.35. The standard InChI is InChI=1S/C18H23NO2/c1-17(2)13-8-9-18(17,15(20)10-13)16-19-14(11-21-16)12-6-4-3-5-7-12/h3-7,13-15,20H,8-11H2,1-2H3/t13-,14+,15-,18+/m1/s1. The summed E-state index contributed by atoms with van der Waals surface area (Å²) in [4.78, 5) is 4.89. The van der Waals surface area contributed by atoms with Gasteiger partial charge in [0, 0.05) is 0 Å². The fourth-order valence-electron chi connectivity index (χ4n) is 4.92. The van der Waals surface area contributed by atoms with Gasteiger partial charge in [-0.2, -0.15) is 0 Å². The molecule has 0 aromatic heterocycles. The number of ether oxygens (including phenoxy) is 1. The largest absolute Gasteiger partial charge is 0.478 e. The van der Waals surface area contributed by atoms with Crippen LogP contribution in [0.4, 0.5) is 0 Å². The molecule has 3 nitrogen and oxygen atoms in total. The van der Waals surface area contributed by atoms with Crippen LogP contribution in [0.1, 0.15) is 44.7 Å². The van der Waals surface area contributed by atoms with E-state index >= 15 is 0 Å². The van der Waals surface area contributed by atoms with Crippen molar-refractivity contribution in [2.75, 3.05) is 6.61 Å². The van der Waals surface area contributed by atoms with E-state index in [0.717, 1.165) is 18.7 Å². The van der Waals surface area contributed by atoms with Gasteiger partial charge in [-0.25, -0.2) is 4.99 Å². The Hall–Kier alpha value is -1.35. The molecule has 0 amide bonds. The maximum Gasteiger partial charge on any atom is 0.193 e. The second kappa shape index (κ2) is 4.33. The first-order valence-electron chi connectivity index (χ1n) is 8.00. The number of rotatable bonds is 2. The van der Waals surface area contributed by atoms with Crippen LogP contribution in [-0.4, -0.2) is 23.7 Å². The van der Waals surface area contributed by atoms with Crippen molar-refractivity contribution in [3.63, 3.8) is 0 Å². The first-order valence-corrected chi connectivity index (χ1v) is 8.00. The van der Waals surface area contributed by atoms with Crippen LogP contribution in [0.3, 0.4) is 0 Å². The van der Waals surface area contributed by atoms with Crippen molar-refractivity contribution >= 4 is 5.90 Å². The van der Waals surface area contributed by atoms with E-state index in [1.807, 2.05) is 18.2 Å². The van der Waals surface area contributed by atoms with E-state index in [9.17, 15) is 5.11 Å². The molecule has 0 spiro atoms. The van der Waals surface area contributed by atoms with Gasteiger partial charge in [0.25, 0.3) is 0 Å². The molecule has 4 atom stereocenters. The number of aliphatic imine (C=N–C) groups is 1. The molecule has 2 saturated carbocycles. The Bertz CT molecular complexity index is 580. The fourth-order valence-corrected chi connectivity index (χ4v) is 4.92. The third-order valence-corrected chi connectivity index (χ3v) is 6.35. The molecule has 1 N–H and O–H groups in total. The summed E-state index contributed by atoms with van der Waals surface area (Å²) >= 11 is 0. The summed E-state index contributed by atoms with van der Waals surface area (Å²) in [5.41, 5.74) is 1.02. The fraction of sp³-hybridized carbons (Fsp3) is 0.611. The van der Waals surface area contributed by atoms with E-state index < -0.39 is 0 Å². The van der Waals surface area contributed by atoms with Crippen molar-refractivity contribution in [2.24, 2.45) is 21.7 Å². The van der Waals surface area contributed by atoms with E-state index in [0.29, 0.717) is 12.5 Å². The summed E-state index contributed by atoms with van der Waals surface area (Å²) in [6.45, 7) is 5.17. The lowest BCUT2D eigenvalue weighted by atomic mass is 9.68. The quantitative estimate of drug-likeness (QED) is 0.905. The second-order valence-electron chi connectivity index (χ2n) is 7.35. The van der Waals surface area contributed by atoms with Crippen LogP contribution in [0, 0.1) is 16.7 Å². The molecule has 2 fully saturated rings. The van der Waals surface area contributed by atoms with Crippen molar-refractivity contribution in [3.8, 4) is 0 Å². The molecule has 1 aliphatic heterocycles. The molecule has 3 heteroatoms. The molecule has 2 aliphatic carbocycles. The Balaban J connectivity index is 1.71. The summed E-state index contributed by atoms with van der Waals surface area (Å²) in [6, 6.07) is 10.4. The summed E-state index contributed by atoms with van der Waals surface area (Å²) in [5.74, 6) is 1.41. The van der Waals surface area contributed by atoms with E-state index in [1.54, 1.807) is 0 Å². The van der Waals surface area contributed by atoms with Crippen LogP contribution >= 0.6 is 0 Å². The minimum absolute atomic E-state index is 0.0802. The van der Waals surface area contributed by atoms with Crippen LogP contribution in [0.2, 0.25) is 0 Å². The van der Waals surface area contributed by atoms with E-state index in [4.69, 9.17) is 9.73 Å². The van der Waals surface area contributed by atoms with Crippen LogP contribution in [0.15, 0.2) is 35.3 Å². The zero-order chi connectivity index (χ0) is 14.7. The van der Waals surface area contributed by atoms with Gasteiger partial charge < -0.3 is 9.84 Å². The highest BCUT2D eigenvalue weighted by molar-refractivity contribution is 5.87. The minimum atomic E-state index is -0.306. The Morgan fingerprint density at radius 3 is 2.62 bits per heavy atom. The average Bonchev–Trinajstić information content (AvgIpc) is 3.11. The normalized spacial score (nSPS) is 40.1. The molecule has 3 aliphatic rings. The van der Waals surface area contributed by atoms with Crippen molar-refractivity contribution in [1.29, 1.82) is 0 Å². The van der Waals surface area contributed by atoms with Crippen molar-refractivity contribution in [2.45, 2.75) is 45.3 Å². The van der Waals surface area contributed by atoms with Crippen LogP contribution in [-0.2, 0) is 4.74 Å². The minimum Gasteiger partial charge on any atom is -0.478 e. The zero-order valence-electron chi connectivity index (χ0n) is 12.7. The van der Waals surface area contributed by atoms with Crippen molar-refractivity contribution in [3.05, 3.63) is 35.9 Å². The van der Waals surface area contributed by atoms with Gasteiger partial charge in [-0.1, -0.05) is 44.2 Å². The van der Waals surface area contributed by atoms with Gasteiger partial charge >= 0.3 is 0 Å². The number of benzene rings is 1. The lowest BCUT2D eigenvalue weighted by molar-refractivity contribution is 0.0355. The van der Waals surface area contributed by atoms with Crippen LogP contribution in [0.25, 0.3) is 0 Å². The van der Waals surface area contributed by atoms with Gasteiger partial charge in [-0.05, 0) is 36.2 Å². The third kappa shape index (κ3) is 1.61. The molecular formula is C18H23NO2. The molecule has 2 bridgehead atoms. The molecule has 0 saturated heterocycles. The molecule has 112 valence electrons. The number of hydrogen-bond donors (Lipinski definition) is 1. The highest BCUT2D eigenvalue weighted by atomic mass is 16.5. The summed E-state index contributed by atoms with van der Waals surface area (Å²) in [5, 5.41) is 10.7. The number of hydrogen-bond acceptors (Lipinski definition) is 3. The molecule has 1 heterocycles. The van der Waals surface area contributed by atoms with Gasteiger partial charge in [-0.3, -0.25) is 0 Å². The molecular weight excluding hydrogens is 262 g/mol. The summed E-state index contributed by atoms with van der Waals surface area (Å²) in [6.07, 6.45) is 2.78. The molecule has 1 aromatic carbocycles. The van der Waals surface area contributed by atoms with E-state index in [2.05, 4.69) is 26.0 Å². The Kier molecular flexibility index (Phi) is 2.74. The SMILES string of the molecule is CC1(C)[C@@H]2CC[C@@]1(C1=N[C@H](c3ccccc3)CO1)[C@H](O)C2. The molecule has 21 heavy (non-hydrogen) atoms. The molecule has 1 aromatic rings. The molecule has 0 unspecified atom stereocenters. The van der Waals surface area contributed by atoms with Gasteiger partial charge in [0.05, 0.1) is 11.5 Å². The van der Waals surface area contributed by atoms with Crippen LogP contribution < -0.4 is 0 Å². The number of fused-ring (bicyclic) bond motifs is 2. The average molecular weight is 285 g/mol. The predicted octanol–water partition coefficient (Wildman–Crippen LogP) is 3.34. The lowest BCUT2D eigenvalue weighted by Crippen LogP contribution is -2.46. The van der Waals surface area contributed by atoms with Gasteiger partial charge in [0.15, 0.2) is 5.90 Å². The van der Waals surface area contributed by atoms with Gasteiger partial charge in [0.2, 0.25) is 0 Å². The zero-order valence-corrected chi connectivity index (χ0v) is 12.7. The Labute approximate surface area is 126 Å². The van der Waals surface area contributed by atoms with Crippen LogP contribution in [0.5, 0.6) is 0 Å². The predicted molar refractivity (Wildman–Crippen MR) is 82.1 cm³/mol. The summed E-state index contributed by atoms with van der Waals surface area (Å²) in [7, 11) is 0. The summed E-state index contributed by atoms with van der Waals surface area (Å²) < 4.78 is 6.02.